The highest BCUT2D eigenvalue weighted by molar-refractivity contribution is 5.93. The Balaban J connectivity index is 1.55. The van der Waals surface area contributed by atoms with E-state index in [1.807, 2.05) is 12.4 Å². The molecule has 2 aromatic rings. The fraction of sp³-hybridized carbons (Fsp3) is 0.462. The molecule has 0 fully saturated rings. The van der Waals surface area contributed by atoms with Gasteiger partial charge in [-0.25, -0.2) is 4.98 Å². The molecule has 0 saturated heterocycles. The quantitative estimate of drug-likeness (QED) is 0.878. The number of carbonyl (C=O) groups is 1. The van der Waals surface area contributed by atoms with Gasteiger partial charge in [0.2, 0.25) is 0 Å². The van der Waals surface area contributed by atoms with E-state index in [4.69, 9.17) is 0 Å². The molecule has 1 amide bonds. The van der Waals surface area contributed by atoms with Crippen LogP contribution in [0.15, 0.2) is 24.8 Å². The highest BCUT2D eigenvalue weighted by Crippen LogP contribution is 2.17. The maximum Gasteiger partial charge on any atom is 0.254 e. The second-order valence-corrected chi connectivity index (χ2v) is 5.01. The molecular weight excluding hydrogens is 242 g/mol. The van der Waals surface area contributed by atoms with Crippen LogP contribution in [0.5, 0.6) is 0 Å². The minimum Gasteiger partial charge on any atom is -0.352 e. The maximum atomic E-state index is 11.9. The second kappa shape index (κ2) is 4.87. The van der Waals surface area contributed by atoms with Gasteiger partial charge in [-0.1, -0.05) is 0 Å². The van der Waals surface area contributed by atoms with E-state index >= 15 is 0 Å². The zero-order valence-corrected chi connectivity index (χ0v) is 10.9. The van der Waals surface area contributed by atoms with Crippen molar-refractivity contribution >= 4 is 5.91 Å². The molecule has 0 aromatic carbocycles. The largest absolute Gasteiger partial charge is 0.352 e. The molecule has 1 N–H and O–H groups in total. The van der Waals surface area contributed by atoms with E-state index in [9.17, 15) is 4.79 Å². The van der Waals surface area contributed by atoms with Crippen molar-refractivity contribution in [3.63, 3.8) is 0 Å². The molecule has 6 nitrogen and oxygen atoms in total. The van der Waals surface area contributed by atoms with Gasteiger partial charge >= 0.3 is 0 Å². The normalized spacial score (nSPS) is 18.1. The molecule has 0 radical (unpaired) electrons. The number of nitrogens with one attached hydrogen (secondary N) is 1. The number of aryl methyl sites for hydroxylation is 2. The van der Waals surface area contributed by atoms with Crippen LogP contribution in [0.2, 0.25) is 0 Å². The average Bonchev–Trinajstić information content (AvgIpc) is 3.03. The molecular formula is C13H17N5O. The van der Waals surface area contributed by atoms with Gasteiger partial charge in [0, 0.05) is 45.1 Å². The van der Waals surface area contributed by atoms with Gasteiger partial charge < -0.3 is 9.88 Å². The first kappa shape index (κ1) is 12.0. The lowest BCUT2D eigenvalue weighted by Crippen LogP contribution is -2.33. The van der Waals surface area contributed by atoms with Crippen molar-refractivity contribution in [2.75, 3.05) is 6.54 Å². The third kappa shape index (κ3) is 2.52. The van der Waals surface area contributed by atoms with Gasteiger partial charge in [0.15, 0.2) is 0 Å². The number of hydrogen-bond acceptors (Lipinski definition) is 3. The van der Waals surface area contributed by atoms with Crippen molar-refractivity contribution in [3.05, 3.63) is 36.2 Å². The lowest BCUT2D eigenvalue weighted by atomic mass is 9.99. The minimum absolute atomic E-state index is 0.0514. The Morgan fingerprint density at radius 3 is 3.26 bits per heavy atom. The molecule has 6 heteroatoms. The molecule has 100 valence electrons. The van der Waals surface area contributed by atoms with Crippen molar-refractivity contribution < 1.29 is 4.79 Å². The second-order valence-electron chi connectivity index (χ2n) is 5.01. The number of hydrogen-bond donors (Lipinski definition) is 1. The summed E-state index contributed by atoms with van der Waals surface area (Å²) in [4.78, 5) is 16.2. The summed E-state index contributed by atoms with van der Waals surface area (Å²) in [5.74, 6) is 1.57. The number of aromatic nitrogens is 4. The molecule has 1 aliphatic rings. The summed E-state index contributed by atoms with van der Waals surface area (Å²) < 4.78 is 3.80. The van der Waals surface area contributed by atoms with E-state index in [1.54, 1.807) is 24.1 Å². The van der Waals surface area contributed by atoms with Gasteiger partial charge in [0.05, 0.1) is 11.8 Å². The first-order valence-electron chi connectivity index (χ1n) is 6.49. The Kier molecular flexibility index (Phi) is 3.06. The van der Waals surface area contributed by atoms with E-state index < -0.39 is 0 Å². The zero-order valence-electron chi connectivity index (χ0n) is 10.9. The minimum atomic E-state index is -0.0514. The number of rotatable bonds is 3. The Labute approximate surface area is 111 Å². The summed E-state index contributed by atoms with van der Waals surface area (Å²) in [6.07, 6.45) is 9.22. The molecule has 1 atom stereocenters. The van der Waals surface area contributed by atoms with Gasteiger partial charge in [-0.15, -0.1) is 0 Å². The summed E-state index contributed by atoms with van der Waals surface area (Å²) in [5.41, 5.74) is 0.613. The van der Waals surface area contributed by atoms with E-state index in [-0.39, 0.29) is 5.91 Å². The SMILES string of the molecule is Cn1cc(C(=O)NC[C@H]2CCc3nccn3C2)cn1. The molecule has 0 spiro atoms. The van der Waals surface area contributed by atoms with E-state index in [2.05, 4.69) is 20.0 Å². The van der Waals surface area contributed by atoms with Crippen molar-refractivity contribution in [2.45, 2.75) is 19.4 Å². The predicted molar refractivity (Wildman–Crippen MR) is 69.6 cm³/mol. The first-order valence-corrected chi connectivity index (χ1v) is 6.49. The van der Waals surface area contributed by atoms with Crippen LogP contribution in [-0.2, 0) is 20.0 Å². The van der Waals surface area contributed by atoms with Crippen LogP contribution in [0.1, 0.15) is 22.6 Å². The van der Waals surface area contributed by atoms with Crippen LogP contribution in [0, 0.1) is 5.92 Å². The van der Waals surface area contributed by atoms with Crippen molar-refractivity contribution in [3.8, 4) is 0 Å². The number of imidazole rings is 1. The third-order valence-corrected chi connectivity index (χ3v) is 3.55. The fourth-order valence-electron chi connectivity index (χ4n) is 2.48. The Morgan fingerprint density at radius 1 is 1.58 bits per heavy atom. The molecule has 0 saturated carbocycles. The Morgan fingerprint density at radius 2 is 2.47 bits per heavy atom. The van der Waals surface area contributed by atoms with Gasteiger partial charge in [0.25, 0.3) is 5.91 Å². The maximum absolute atomic E-state index is 11.9. The molecule has 0 bridgehead atoms. The monoisotopic (exact) mass is 259 g/mol. The third-order valence-electron chi connectivity index (χ3n) is 3.55. The summed E-state index contributed by atoms with van der Waals surface area (Å²) in [7, 11) is 1.80. The number of carbonyl (C=O) groups excluding carboxylic acids is 1. The molecule has 3 heterocycles. The van der Waals surface area contributed by atoms with Gasteiger partial charge in [-0.05, 0) is 12.3 Å². The Hall–Kier alpha value is -2.11. The standard InChI is InChI=1S/C13H17N5O/c1-17-9-11(7-16-17)13(19)15-6-10-2-3-12-14-4-5-18(12)8-10/h4-5,7,9-10H,2-3,6,8H2,1H3,(H,15,19)/t10-/m1/s1. The number of fused-ring (bicyclic) bond motifs is 1. The first-order chi connectivity index (χ1) is 9.22. The topological polar surface area (TPSA) is 64.7 Å². The highest BCUT2D eigenvalue weighted by Gasteiger charge is 2.19. The molecule has 2 aromatic heterocycles. The van der Waals surface area contributed by atoms with E-state index in [1.165, 1.54) is 0 Å². The molecule has 3 rings (SSSR count). The summed E-state index contributed by atoms with van der Waals surface area (Å²) in [5, 5.41) is 6.98. The lowest BCUT2D eigenvalue weighted by Gasteiger charge is -2.23. The smallest absolute Gasteiger partial charge is 0.254 e. The van der Waals surface area contributed by atoms with Crippen LogP contribution in [0.25, 0.3) is 0 Å². The van der Waals surface area contributed by atoms with Crippen LogP contribution in [0.4, 0.5) is 0 Å². The molecule has 0 aliphatic carbocycles. The van der Waals surface area contributed by atoms with Gasteiger partial charge in [0.1, 0.15) is 5.82 Å². The zero-order chi connectivity index (χ0) is 13.2. The molecule has 0 unspecified atom stereocenters. The highest BCUT2D eigenvalue weighted by atomic mass is 16.1. The summed E-state index contributed by atoms with van der Waals surface area (Å²) >= 11 is 0. The van der Waals surface area contributed by atoms with Crippen molar-refractivity contribution in [1.29, 1.82) is 0 Å². The van der Waals surface area contributed by atoms with Gasteiger partial charge in [-0.3, -0.25) is 9.48 Å². The molecule has 1 aliphatic heterocycles. The van der Waals surface area contributed by atoms with E-state index in [0.29, 0.717) is 18.0 Å². The lowest BCUT2D eigenvalue weighted by molar-refractivity contribution is 0.0943. The van der Waals surface area contributed by atoms with Gasteiger partial charge in [-0.2, -0.15) is 5.10 Å². The van der Waals surface area contributed by atoms with Crippen LogP contribution in [-0.4, -0.2) is 31.8 Å². The van der Waals surface area contributed by atoms with Crippen LogP contribution in [0.3, 0.4) is 0 Å². The van der Waals surface area contributed by atoms with Crippen molar-refractivity contribution in [2.24, 2.45) is 13.0 Å². The Bertz CT molecular complexity index is 585. The average molecular weight is 259 g/mol. The summed E-state index contributed by atoms with van der Waals surface area (Å²) in [6, 6.07) is 0. The number of amides is 1. The fourth-order valence-corrected chi connectivity index (χ4v) is 2.48. The van der Waals surface area contributed by atoms with E-state index in [0.717, 1.165) is 25.2 Å². The summed E-state index contributed by atoms with van der Waals surface area (Å²) in [6.45, 7) is 1.63. The predicted octanol–water partition coefficient (Wildman–Crippen LogP) is 0.609. The van der Waals surface area contributed by atoms with Crippen LogP contribution < -0.4 is 5.32 Å². The van der Waals surface area contributed by atoms with Crippen molar-refractivity contribution in [1.82, 2.24) is 24.6 Å². The number of nitrogens with zero attached hydrogens (tertiary/aromatic N) is 4. The molecule has 19 heavy (non-hydrogen) atoms. The van der Waals surface area contributed by atoms with Crippen LogP contribution >= 0.6 is 0 Å².